The van der Waals surface area contributed by atoms with Crippen LogP contribution in [0.5, 0.6) is 0 Å². The second-order valence-electron chi connectivity index (χ2n) is 5.79. The fraction of sp³-hybridized carbons (Fsp3) is 0.471. The van der Waals surface area contributed by atoms with Gasteiger partial charge in [0.2, 0.25) is 0 Å². The van der Waals surface area contributed by atoms with E-state index in [0.29, 0.717) is 6.04 Å². The second kappa shape index (κ2) is 5.70. The molecule has 106 valence electrons. The molecule has 1 aromatic heterocycles. The molecule has 20 heavy (non-hydrogen) atoms. The molecule has 1 aliphatic heterocycles. The number of imidazole rings is 1. The molecule has 0 spiro atoms. The standard InChI is InChI=1S/C17H23N3/c1-3-9-20-10-8-18-17(20)12-14-5-7-16-15(11-14)6-4-13(2)19-16/h5,7-8,10-11,13,19H,3-4,6,9,12H2,1-2H3. The van der Waals surface area contributed by atoms with Crippen molar-refractivity contribution in [3.05, 3.63) is 47.5 Å². The van der Waals surface area contributed by atoms with Crippen molar-refractivity contribution in [1.82, 2.24) is 9.55 Å². The number of anilines is 1. The molecule has 2 heterocycles. The summed E-state index contributed by atoms with van der Waals surface area (Å²) in [4.78, 5) is 4.50. The van der Waals surface area contributed by atoms with Crippen LogP contribution < -0.4 is 5.32 Å². The molecule has 3 rings (SSSR count). The Morgan fingerprint density at radius 1 is 1.40 bits per heavy atom. The number of nitrogens with zero attached hydrogens (tertiary/aromatic N) is 2. The Balaban J connectivity index is 1.79. The third-order valence-electron chi connectivity index (χ3n) is 4.05. The zero-order valence-electron chi connectivity index (χ0n) is 12.4. The lowest BCUT2D eigenvalue weighted by atomic mass is 9.96. The van der Waals surface area contributed by atoms with Crippen LogP contribution >= 0.6 is 0 Å². The monoisotopic (exact) mass is 269 g/mol. The van der Waals surface area contributed by atoms with Gasteiger partial charge in [-0.1, -0.05) is 19.1 Å². The van der Waals surface area contributed by atoms with E-state index in [4.69, 9.17) is 0 Å². The molecule has 1 atom stereocenters. The lowest BCUT2D eigenvalue weighted by molar-refractivity contribution is 0.646. The molecule has 3 heteroatoms. The van der Waals surface area contributed by atoms with E-state index in [2.05, 4.69) is 53.1 Å². The summed E-state index contributed by atoms with van der Waals surface area (Å²) in [6, 6.07) is 7.40. The highest BCUT2D eigenvalue weighted by Gasteiger charge is 2.14. The van der Waals surface area contributed by atoms with Crippen molar-refractivity contribution < 1.29 is 0 Å². The third kappa shape index (κ3) is 2.72. The number of fused-ring (bicyclic) bond motifs is 1. The summed E-state index contributed by atoms with van der Waals surface area (Å²) in [6.07, 6.45) is 8.47. The van der Waals surface area contributed by atoms with Crippen LogP contribution in [0.25, 0.3) is 0 Å². The summed E-state index contributed by atoms with van der Waals surface area (Å²) in [5, 5.41) is 3.56. The van der Waals surface area contributed by atoms with Gasteiger partial charge in [0.25, 0.3) is 0 Å². The van der Waals surface area contributed by atoms with E-state index in [1.165, 1.54) is 35.5 Å². The molecular weight excluding hydrogens is 246 g/mol. The number of benzene rings is 1. The number of aryl methyl sites for hydroxylation is 2. The summed E-state index contributed by atoms with van der Waals surface area (Å²) in [5.74, 6) is 1.17. The molecule has 0 radical (unpaired) electrons. The van der Waals surface area contributed by atoms with Crippen LogP contribution in [0.2, 0.25) is 0 Å². The van der Waals surface area contributed by atoms with Crippen molar-refractivity contribution in [1.29, 1.82) is 0 Å². The lowest BCUT2D eigenvalue weighted by Gasteiger charge is -2.24. The lowest BCUT2D eigenvalue weighted by Crippen LogP contribution is -2.21. The van der Waals surface area contributed by atoms with Gasteiger partial charge in [0, 0.05) is 37.1 Å². The molecule has 0 amide bonds. The van der Waals surface area contributed by atoms with E-state index in [1.807, 2.05) is 6.20 Å². The minimum Gasteiger partial charge on any atom is -0.382 e. The Hall–Kier alpha value is -1.77. The van der Waals surface area contributed by atoms with Crippen LogP contribution in [-0.4, -0.2) is 15.6 Å². The summed E-state index contributed by atoms with van der Waals surface area (Å²) in [6.45, 7) is 5.51. The van der Waals surface area contributed by atoms with Gasteiger partial charge in [-0.15, -0.1) is 0 Å². The highest BCUT2D eigenvalue weighted by atomic mass is 15.1. The molecule has 1 unspecified atom stereocenters. The predicted molar refractivity (Wildman–Crippen MR) is 83.2 cm³/mol. The maximum absolute atomic E-state index is 4.50. The fourth-order valence-corrected chi connectivity index (χ4v) is 2.95. The highest BCUT2D eigenvalue weighted by Crippen LogP contribution is 2.26. The smallest absolute Gasteiger partial charge is 0.113 e. The first-order valence-corrected chi connectivity index (χ1v) is 7.64. The number of hydrogen-bond acceptors (Lipinski definition) is 2. The van der Waals surface area contributed by atoms with E-state index in [9.17, 15) is 0 Å². The van der Waals surface area contributed by atoms with E-state index >= 15 is 0 Å². The van der Waals surface area contributed by atoms with Gasteiger partial charge in [-0.25, -0.2) is 4.98 Å². The van der Waals surface area contributed by atoms with Crippen LogP contribution in [0.4, 0.5) is 5.69 Å². The van der Waals surface area contributed by atoms with Crippen molar-refractivity contribution in [2.75, 3.05) is 5.32 Å². The third-order valence-corrected chi connectivity index (χ3v) is 4.05. The fourth-order valence-electron chi connectivity index (χ4n) is 2.95. The Kier molecular flexibility index (Phi) is 3.77. The van der Waals surface area contributed by atoms with Gasteiger partial charge in [-0.05, 0) is 43.4 Å². The van der Waals surface area contributed by atoms with Crippen LogP contribution in [0.3, 0.4) is 0 Å². The van der Waals surface area contributed by atoms with Crippen LogP contribution in [-0.2, 0) is 19.4 Å². The van der Waals surface area contributed by atoms with Crippen LogP contribution in [0, 0.1) is 0 Å². The summed E-state index contributed by atoms with van der Waals surface area (Å²) in [5.41, 5.74) is 4.13. The first kappa shape index (κ1) is 13.2. The first-order chi connectivity index (χ1) is 9.76. The minimum atomic E-state index is 0.594. The maximum atomic E-state index is 4.50. The number of nitrogens with one attached hydrogen (secondary N) is 1. The Morgan fingerprint density at radius 2 is 2.30 bits per heavy atom. The SMILES string of the molecule is CCCn1ccnc1Cc1ccc2c(c1)CCC(C)N2. The van der Waals surface area contributed by atoms with Crippen LogP contribution in [0.15, 0.2) is 30.6 Å². The molecular formula is C17H23N3. The summed E-state index contributed by atoms with van der Waals surface area (Å²) in [7, 11) is 0. The largest absolute Gasteiger partial charge is 0.382 e. The molecule has 1 N–H and O–H groups in total. The molecule has 0 bridgehead atoms. The number of aromatic nitrogens is 2. The van der Waals surface area contributed by atoms with E-state index < -0.39 is 0 Å². The topological polar surface area (TPSA) is 29.9 Å². The van der Waals surface area contributed by atoms with Crippen molar-refractivity contribution in [2.45, 2.75) is 52.1 Å². The molecule has 1 aromatic carbocycles. The molecule has 1 aliphatic rings. The molecule has 0 saturated heterocycles. The average molecular weight is 269 g/mol. The normalized spacial score (nSPS) is 17.6. The molecule has 2 aromatic rings. The van der Waals surface area contributed by atoms with Gasteiger partial charge in [0.15, 0.2) is 0 Å². The van der Waals surface area contributed by atoms with Crippen molar-refractivity contribution in [3.8, 4) is 0 Å². The average Bonchev–Trinajstić information content (AvgIpc) is 2.87. The van der Waals surface area contributed by atoms with Crippen molar-refractivity contribution >= 4 is 5.69 Å². The van der Waals surface area contributed by atoms with E-state index in [-0.39, 0.29) is 0 Å². The minimum absolute atomic E-state index is 0.594. The number of hydrogen-bond donors (Lipinski definition) is 1. The van der Waals surface area contributed by atoms with Crippen molar-refractivity contribution in [2.24, 2.45) is 0 Å². The first-order valence-electron chi connectivity index (χ1n) is 7.64. The zero-order chi connectivity index (χ0) is 13.9. The van der Waals surface area contributed by atoms with Crippen molar-refractivity contribution in [3.63, 3.8) is 0 Å². The summed E-state index contributed by atoms with van der Waals surface area (Å²) >= 11 is 0. The Labute approximate surface area is 121 Å². The molecule has 3 nitrogen and oxygen atoms in total. The highest BCUT2D eigenvalue weighted by molar-refractivity contribution is 5.55. The van der Waals surface area contributed by atoms with Crippen LogP contribution in [0.1, 0.15) is 43.6 Å². The van der Waals surface area contributed by atoms with Gasteiger partial charge in [0.1, 0.15) is 5.82 Å². The molecule has 0 aliphatic carbocycles. The van der Waals surface area contributed by atoms with Gasteiger partial charge >= 0.3 is 0 Å². The van der Waals surface area contributed by atoms with E-state index in [1.54, 1.807) is 0 Å². The number of rotatable bonds is 4. The Bertz CT molecular complexity index is 586. The second-order valence-corrected chi connectivity index (χ2v) is 5.79. The zero-order valence-corrected chi connectivity index (χ0v) is 12.4. The summed E-state index contributed by atoms with van der Waals surface area (Å²) < 4.78 is 2.26. The predicted octanol–water partition coefficient (Wildman–Crippen LogP) is 3.63. The van der Waals surface area contributed by atoms with Gasteiger partial charge in [-0.2, -0.15) is 0 Å². The molecule has 0 fully saturated rings. The quantitative estimate of drug-likeness (QED) is 0.918. The van der Waals surface area contributed by atoms with Gasteiger partial charge in [0.05, 0.1) is 0 Å². The molecule has 0 saturated carbocycles. The van der Waals surface area contributed by atoms with Gasteiger partial charge in [-0.3, -0.25) is 0 Å². The van der Waals surface area contributed by atoms with Gasteiger partial charge < -0.3 is 9.88 Å². The maximum Gasteiger partial charge on any atom is 0.113 e. The van der Waals surface area contributed by atoms with E-state index in [0.717, 1.165) is 19.4 Å². The Morgan fingerprint density at radius 3 is 3.15 bits per heavy atom.